The zero-order chi connectivity index (χ0) is 20.4. The summed E-state index contributed by atoms with van der Waals surface area (Å²) in [6, 6.07) is 3.98. The van der Waals surface area contributed by atoms with Crippen LogP contribution in [0, 0.1) is 12.8 Å². The molecule has 1 aliphatic heterocycles. The third kappa shape index (κ3) is 9.44. The van der Waals surface area contributed by atoms with Gasteiger partial charge in [-0.2, -0.15) is 0 Å². The molecule has 2 N–H and O–H groups in total. The number of carboxylic acids is 2. The van der Waals surface area contributed by atoms with E-state index in [0.29, 0.717) is 5.02 Å². The van der Waals surface area contributed by atoms with Crippen molar-refractivity contribution in [2.45, 2.75) is 39.5 Å². The van der Waals surface area contributed by atoms with Crippen molar-refractivity contribution in [1.29, 1.82) is 0 Å². The smallest absolute Gasteiger partial charge is 0.414 e. The van der Waals surface area contributed by atoms with Gasteiger partial charge in [0.1, 0.15) is 0 Å². The van der Waals surface area contributed by atoms with Crippen LogP contribution in [0.5, 0.6) is 5.75 Å². The van der Waals surface area contributed by atoms with Crippen LogP contribution in [0.15, 0.2) is 16.6 Å². The summed E-state index contributed by atoms with van der Waals surface area (Å²) in [6.45, 7) is 8.83. The molecule has 1 aliphatic rings. The van der Waals surface area contributed by atoms with E-state index < -0.39 is 11.9 Å². The Morgan fingerprint density at radius 2 is 1.81 bits per heavy atom. The molecule has 0 saturated carbocycles. The number of hydrogen-bond donors (Lipinski definition) is 2. The summed E-state index contributed by atoms with van der Waals surface area (Å²) in [5, 5.41) is 15.5. The molecular formula is C19H27BrClNO5. The second kappa shape index (κ2) is 12.2. The summed E-state index contributed by atoms with van der Waals surface area (Å²) in [5.41, 5.74) is 1.14. The predicted octanol–water partition coefficient (Wildman–Crippen LogP) is 4.46. The Morgan fingerprint density at radius 3 is 2.33 bits per heavy atom. The molecule has 0 spiro atoms. The van der Waals surface area contributed by atoms with Crippen LogP contribution in [0.2, 0.25) is 5.02 Å². The van der Waals surface area contributed by atoms with Gasteiger partial charge in [0, 0.05) is 0 Å². The molecule has 0 aliphatic carbocycles. The summed E-state index contributed by atoms with van der Waals surface area (Å²) < 4.78 is 6.77. The fraction of sp³-hybridized carbons (Fsp3) is 0.579. The van der Waals surface area contributed by atoms with E-state index in [-0.39, 0.29) is 0 Å². The van der Waals surface area contributed by atoms with Gasteiger partial charge in [-0.15, -0.1) is 0 Å². The first kappa shape index (κ1) is 23.7. The van der Waals surface area contributed by atoms with Crippen LogP contribution in [-0.4, -0.2) is 53.3 Å². The van der Waals surface area contributed by atoms with Crippen molar-refractivity contribution in [3.8, 4) is 5.75 Å². The number of aliphatic carboxylic acids is 2. The quantitative estimate of drug-likeness (QED) is 0.477. The molecule has 1 aromatic carbocycles. The Kier molecular flexibility index (Phi) is 10.7. The molecule has 1 aromatic rings. The second-order valence-electron chi connectivity index (χ2n) is 6.75. The number of hydrogen-bond acceptors (Lipinski definition) is 4. The highest BCUT2D eigenvalue weighted by molar-refractivity contribution is 9.10. The summed E-state index contributed by atoms with van der Waals surface area (Å²) in [5.74, 6) is -1.97. The normalized spacial score (nSPS) is 15.0. The number of aryl methyl sites for hydroxylation is 1. The maximum Gasteiger partial charge on any atom is 0.414 e. The molecule has 0 aromatic heterocycles. The summed E-state index contributed by atoms with van der Waals surface area (Å²) >= 11 is 9.74. The highest BCUT2D eigenvalue weighted by Crippen LogP contribution is 2.34. The number of likely N-dealkylation sites (tertiary alicyclic amines) is 1. The van der Waals surface area contributed by atoms with E-state index in [1.165, 1.54) is 38.9 Å². The minimum absolute atomic E-state index is 0.687. The fourth-order valence-electron chi connectivity index (χ4n) is 2.72. The molecule has 8 heteroatoms. The van der Waals surface area contributed by atoms with Gasteiger partial charge >= 0.3 is 11.9 Å². The number of carboxylic acid groups (broad SMARTS) is 2. The van der Waals surface area contributed by atoms with Crippen LogP contribution < -0.4 is 4.74 Å². The third-order valence-electron chi connectivity index (χ3n) is 4.32. The van der Waals surface area contributed by atoms with Crippen LogP contribution >= 0.6 is 27.5 Å². The molecule has 0 radical (unpaired) electrons. The molecule has 0 bridgehead atoms. The van der Waals surface area contributed by atoms with Crippen molar-refractivity contribution in [3.63, 3.8) is 0 Å². The summed E-state index contributed by atoms with van der Waals surface area (Å²) in [7, 11) is 0. The number of unbranched alkanes of at least 4 members (excludes halogenated alkanes) is 1. The summed E-state index contributed by atoms with van der Waals surface area (Å²) in [4.78, 5) is 20.8. The van der Waals surface area contributed by atoms with E-state index in [4.69, 9.17) is 36.1 Å². The zero-order valence-corrected chi connectivity index (χ0v) is 18.1. The largest absolute Gasteiger partial charge is 0.491 e. The van der Waals surface area contributed by atoms with Crippen LogP contribution in [0.25, 0.3) is 0 Å². The van der Waals surface area contributed by atoms with Gasteiger partial charge in [0.15, 0.2) is 5.75 Å². The summed E-state index contributed by atoms with van der Waals surface area (Å²) in [6.07, 6.45) is 4.96. The van der Waals surface area contributed by atoms with Crippen molar-refractivity contribution in [2.75, 3.05) is 26.2 Å². The lowest BCUT2D eigenvalue weighted by molar-refractivity contribution is -0.159. The fourth-order valence-corrected chi connectivity index (χ4v) is 3.85. The van der Waals surface area contributed by atoms with Crippen molar-refractivity contribution in [2.24, 2.45) is 5.92 Å². The standard InChI is InChI=1S/C17H25BrClNO.C2H2O4/c1-13-5-8-20(9-6-13)7-3-4-10-21-17-15(18)11-14(2)12-16(17)19;3-1(4)2(5)6/h11-13H,3-10H2,1-2H3;(H,3,4)(H,5,6). The molecule has 152 valence electrons. The SMILES string of the molecule is Cc1cc(Cl)c(OCCCCN2CCC(C)CC2)c(Br)c1.O=C(O)C(=O)O. The number of ether oxygens (including phenoxy) is 1. The Bertz CT molecular complexity index is 598. The number of piperidine rings is 1. The number of benzene rings is 1. The minimum atomic E-state index is -1.82. The van der Waals surface area contributed by atoms with Crippen LogP contribution in [0.4, 0.5) is 0 Å². The van der Waals surface area contributed by atoms with Gasteiger partial charge < -0.3 is 19.8 Å². The first-order chi connectivity index (χ1) is 12.7. The van der Waals surface area contributed by atoms with Gasteiger partial charge in [0.2, 0.25) is 0 Å². The average Bonchev–Trinajstić information content (AvgIpc) is 2.58. The van der Waals surface area contributed by atoms with Gasteiger partial charge in [-0.25, -0.2) is 9.59 Å². The number of rotatable bonds is 6. The molecule has 0 unspecified atom stereocenters. The highest BCUT2D eigenvalue weighted by atomic mass is 79.9. The van der Waals surface area contributed by atoms with Gasteiger partial charge in [-0.3, -0.25) is 0 Å². The van der Waals surface area contributed by atoms with Crippen LogP contribution in [0.1, 0.15) is 38.2 Å². The first-order valence-corrected chi connectivity index (χ1v) is 10.1. The Balaban J connectivity index is 0.000000527. The Hall–Kier alpha value is -1.31. The van der Waals surface area contributed by atoms with E-state index in [2.05, 4.69) is 27.8 Å². The van der Waals surface area contributed by atoms with E-state index in [0.717, 1.165) is 34.7 Å². The minimum Gasteiger partial charge on any atom is -0.491 e. The van der Waals surface area contributed by atoms with E-state index in [1.807, 2.05) is 19.1 Å². The maximum absolute atomic E-state index is 9.10. The second-order valence-corrected chi connectivity index (χ2v) is 8.01. The Labute approximate surface area is 173 Å². The Morgan fingerprint density at radius 1 is 1.22 bits per heavy atom. The molecule has 27 heavy (non-hydrogen) atoms. The number of nitrogens with zero attached hydrogens (tertiary/aromatic N) is 1. The molecule has 0 amide bonds. The highest BCUT2D eigenvalue weighted by Gasteiger charge is 2.15. The van der Waals surface area contributed by atoms with Gasteiger partial charge in [0.05, 0.1) is 16.1 Å². The first-order valence-electron chi connectivity index (χ1n) is 8.97. The number of halogens is 2. The molecule has 1 saturated heterocycles. The monoisotopic (exact) mass is 463 g/mol. The third-order valence-corrected chi connectivity index (χ3v) is 5.19. The van der Waals surface area contributed by atoms with Gasteiger partial charge in [-0.1, -0.05) is 18.5 Å². The van der Waals surface area contributed by atoms with Crippen molar-refractivity contribution in [1.82, 2.24) is 4.90 Å². The van der Waals surface area contributed by atoms with E-state index in [1.54, 1.807) is 0 Å². The van der Waals surface area contributed by atoms with Crippen molar-refractivity contribution >= 4 is 39.5 Å². The van der Waals surface area contributed by atoms with Crippen molar-refractivity contribution in [3.05, 3.63) is 27.2 Å². The van der Waals surface area contributed by atoms with Crippen molar-refractivity contribution < 1.29 is 24.5 Å². The molecule has 0 atom stereocenters. The molecule has 2 rings (SSSR count). The van der Waals surface area contributed by atoms with Crippen LogP contribution in [0.3, 0.4) is 0 Å². The van der Waals surface area contributed by atoms with E-state index >= 15 is 0 Å². The molecular weight excluding hydrogens is 438 g/mol. The lowest BCUT2D eigenvalue weighted by atomic mass is 9.99. The topological polar surface area (TPSA) is 87.1 Å². The van der Waals surface area contributed by atoms with E-state index in [9.17, 15) is 0 Å². The average molecular weight is 465 g/mol. The van der Waals surface area contributed by atoms with Crippen LogP contribution in [-0.2, 0) is 9.59 Å². The molecule has 1 heterocycles. The maximum atomic E-state index is 9.10. The molecule has 1 fully saturated rings. The lowest BCUT2D eigenvalue weighted by Crippen LogP contribution is -2.33. The lowest BCUT2D eigenvalue weighted by Gasteiger charge is -2.30. The molecule has 6 nitrogen and oxygen atoms in total. The zero-order valence-electron chi connectivity index (χ0n) is 15.7. The van der Waals surface area contributed by atoms with Gasteiger partial charge in [0.25, 0.3) is 0 Å². The van der Waals surface area contributed by atoms with Gasteiger partial charge in [-0.05, 0) is 91.8 Å². The number of carbonyl (C=O) groups is 2. The predicted molar refractivity (Wildman–Crippen MR) is 109 cm³/mol.